The molecule has 0 radical (unpaired) electrons. The zero-order chi connectivity index (χ0) is 21.8. The molecule has 0 aromatic heterocycles. The predicted octanol–water partition coefficient (Wildman–Crippen LogP) is 3.89. The minimum Gasteiger partial charge on any atom is -0.462 e. The molecule has 1 heterocycles. The molecule has 2 aromatic rings. The van der Waals surface area contributed by atoms with Crippen LogP contribution in [-0.4, -0.2) is 30.2 Å². The molecule has 1 aliphatic heterocycles. The highest BCUT2D eigenvalue weighted by Crippen LogP contribution is 2.32. The van der Waals surface area contributed by atoms with Crippen LogP contribution in [0.25, 0.3) is 0 Å². The van der Waals surface area contributed by atoms with Gasteiger partial charge in [-0.05, 0) is 49.7 Å². The van der Waals surface area contributed by atoms with Crippen LogP contribution in [0, 0.1) is 0 Å². The number of para-hydroxylation sites is 1. The number of anilines is 2. The Kier molecular flexibility index (Phi) is 6.32. The molecule has 3 rings (SSSR count). The maximum absolute atomic E-state index is 13.0. The molecule has 30 heavy (non-hydrogen) atoms. The monoisotopic (exact) mass is 426 g/mol. The highest BCUT2D eigenvalue weighted by molar-refractivity contribution is 6.53. The summed E-state index contributed by atoms with van der Waals surface area (Å²) < 4.78 is 5.15. The summed E-state index contributed by atoms with van der Waals surface area (Å²) in [5.74, 6) is -2.18. The van der Waals surface area contributed by atoms with E-state index in [1.807, 2.05) is 6.92 Å². The number of Topliss-reactive ketones (excluding diaryl/α,β-unsaturated/α-hetero) is 1. The van der Waals surface area contributed by atoms with Gasteiger partial charge in [0.1, 0.15) is 10.7 Å². The van der Waals surface area contributed by atoms with E-state index in [9.17, 15) is 19.2 Å². The highest BCUT2D eigenvalue weighted by atomic mass is 35.5. The molecule has 0 unspecified atom stereocenters. The molecule has 0 aliphatic carbocycles. The van der Waals surface area contributed by atoms with Crippen molar-refractivity contribution in [3.05, 3.63) is 70.4 Å². The van der Waals surface area contributed by atoms with Gasteiger partial charge in [0.05, 0.1) is 17.9 Å². The van der Waals surface area contributed by atoms with Gasteiger partial charge in [-0.3, -0.25) is 14.4 Å². The molecule has 0 fully saturated rings. The van der Waals surface area contributed by atoms with Crippen LogP contribution in [-0.2, 0) is 14.3 Å². The molecule has 1 N–H and O–H groups in total. The van der Waals surface area contributed by atoms with Crippen molar-refractivity contribution in [2.75, 3.05) is 16.8 Å². The molecule has 0 saturated heterocycles. The minimum absolute atomic E-state index is 0.0872. The van der Waals surface area contributed by atoms with Crippen molar-refractivity contribution < 1.29 is 23.9 Å². The van der Waals surface area contributed by atoms with Crippen molar-refractivity contribution in [3.8, 4) is 0 Å². The number of rotatable bonds is 7. The van der Waals surface area contributed by atoms with E-state index in [0.29, 0.717) is 17.7 Å². The molecule has 0 atom stereocenters. The number of ketones is 1. The van der Waals surface area contributed by atoms with Gasteiger partial charge in [-0.2, -0.15) is 0 Å². The van der Waals surface area contributed by atoms with Crippen LogP contribution < -0.4 is 10.2 Å². The number of ether oxygens (including phenoxy) is 1. The van der Waals surface area contributed by atoms with Gasteiger partial charge in [-0.1, -0.05) is 30.7 Å². The first kappa shape index (κ1) is 21.3. The molecule has 0 bridgehead atoms. The van der Waals surface area contributed by atoms with Crippen LogP contribution in [0.15, 0.2) is 59.3 Å². The van der Waals surface area contributed by atoms with Crippen LogP contribution in [0.2, 0.25) is 0 Å². The molecule has 0 spiro atoms. The Morgan fingerprint density at radius 2 is 1.70 bits per heavy atom. The van der Waals surface area contributed by atoms with Crippen molar-refractivity contribution >= 4 is 46.5 Å². The van der Waals surface area contributed by atoms with E-state index >= 15 is 0 Å². The van der Waals surface area contributed by atoms with Crippen molar-refractivity contribution in [3.63, 3.8) is 0 Å². The molecular weight excluding hydrogens is 408 g/mol. The lowest BCUT2D eigenvalue weighted by molar-refractivity contribution is -0.120. The van der Waals surface area contributed by atoms with Crippen molar-refractivity contribution in [1.29, 1.82) is 0 Å². The first-order chi connectivity index (χ1) is 14.3. The van der Waals surface area contributed by atoms with Gasteiger partial charge in [-0.25, -0.2) is 9.69 Å². The molecule has 154 valence electrons. The fourth-order valence-corrected chi connectivity index (χ4v) is 3.09. The number of benzene rings is 2. The smallest absolute Gasteiger partial charge is 0.340 e. The lowest BCUT2D eigenvalue weighted by Crippen LogP contribution is -2.33. The Morgan fingerprint density at radius 3 is 2.33 bits per heavy atom. The van der Waals surface area contributed by atoms with Gasteiger partial charge in [0.15, 0.2) is 5.78 Å². The summed E-state index contributed by atoms with van der Waals surface area (Å²) in [5, 5.41) is 2.53. The third-order valence-electron chi connectivity index (χ3n) is 4.39. The predicted molar refractivity (Wildman–Crippen MR) is 112 cm³/mol. The fourth-order valence-electron chi connectivity index (χ4n) is 2.88. The van der Waals surface area contributed by atoms with E-state index in [-0.39, 0.29) is 34.4 Å². The summed E-state index contributed by atoms with van der Waals surface area (Å²) >= 11 is 6.15. The highest BCUT2D eigenvalue weighted by Gasteiger charge is 2.40. The van der Waals surface area contributed by atoms with Crippen LogP contribution in [0.3, 0.4) is 0 Å². The number of esters is 1. The summed E-state index contributed by atoms with van der Waals surface area (Å²) in [6.45, 7) is 3.52. The number of carbonyl (C=O) groups excluding carboxylic acids is 4. The first-order valence-electron chi connectivity index (χ1n) is 9.27. The van der Waals surface area contributed by atoms with Gasteiger partial charge in [0.25, 0.3) is 11.8 Å². The maximum Gasteiger partial charge on any atom is 0.340 e. The number of nitrogens with zero attached hydrogens (tertiary/aromatic N) is 1. The quantitative estimate of drug-likeness (QED) is 0.410. The Balaban J connectivity index is 1.89. The van der Waals surface area contributed by atoms with Crippen LogP contribution in [0.4, 0.5) is 11.4 Å². The zero-order valence-electron chi connectivity index (χ0n) is 16.4. The molecule has 0 saturated carbocycles. The van der Waals surface area contributed by atoms with Gasteiger partial charge in [0, 0.05) is 11.3 Å². The number of nitrogens with one attached hydrogen (secondary N) is 1. The molecule has 2 aromatic carbocycles. The standard InChI is InChI=1S/C22H19ClN2O5/c1-3-12-30-22(29)16-6-4-5-7-17(16)25-20(27)18(23)19(21(25)28)24-15-10-8-14(9-11-15)13(2)26/h4-11,24H,3,12H2,1-2H3. The first-order valence-corrected chi connectivity index (χ1v) is 9.65. The van der Waals surface area contributed by atoms with E-state index < -0.39 is 17.8 Å². The van der Waals surface area contributed by atoms with E-state index in [1.165, 1.54) is 19.1 Å². The largest absolute Gasteiger partial charge is 0.462 e. The number of halogens is 1. The fraction of sp³-hybridized carbons (Fsp3) is 0.182. The van der Waals surface area contributed by atoms with Crippen molar-refractivity contribution in [1.82, 2.24) is 0 Å². The van der Waals surface area contributed by atoms with Crippen LogP contribution >= 0.6 is 11.6 Å². The number of hydrogen-bond donors (Lipinski definition) is 1. The van der Waals surface area contributed by atoms with Crippen molar-refractivity contribution in [2.24, 2.45) is 0 Å². The Labute approximate surface area is 178 Å². The average molecular weight is 427 g/mol. The summed E-state index contributed by atoms with van der Waals surface area (Å²) in [6, 6.07) is 12.6. The Bertz CT molecular complexity index is 1060. The van der Waals surface area contributed by atoms with Gasteiger partial charge >= 0.3 is 5.97 Å². The van der Waals surface area contributed by atoms with E-state index in [4.69, 9.17) is 16.3 Å². The number of carbonyl (C=O) groups is 4. The maximum atomic E-state index is 13.0. The SMILES string of the molecule is CCCOC(=O)c1ccccc1N1C(=O)C(Cl)=C(Nc2ccc(C(C)=O)cc2)C1=O. The topological polar surface area (TPSA) is 92.8 Å². The van der Waals surface area contributed by atoms with Crippen LogP contribution in [0.1, 0.15) is 41.0 Å². The second-order valence-corrected chi connectivity index (χ2v) is 6.92. The third-order valence-corrected chi connectivity index (χ3v) is 4.74. The Morgan fingerprint density at radius 1 is 1.03 bits per heavy atom. The number of amides is 2. The van der Waals surface area contributed by atoms with E-state index in [0.717, 1.165) is 4.90 Å². The summed E-state index contributed by atoms with van der Waals surface area (Å²) in [4.78, 5) is 50.3. The minimum atomic E-state index is -0.750. The van der Waals surface area contributed by atoms with E-state index in [1.54, 1.807) is 36.4 Å². The average Bonchev–Trinajstić information content (AvgIpc) is 2.95. The van der Waals surface area contributed by atoms with Crippen LogP contribution in [0.5, 0.6) is 0 Å². The second kappa shape index (κ2) is 8.92. The molecule has 1 aliphatic rings. The summed E-state index contributed by atoms with van der Waals surface area (Å²) in [7, 11) is 0. The summed E-state index contributed by atoms with van der Waals surface area (Å²) in [5.41, 5.74) is 1.05. The summed E-state index contributed by atoms with van der Waals surface area (Å²) in [6.07, 6.45) is 0.638. The van der Waals surface area contributed by atoms with Gasteiger partial charge in [-0.15, -0.1) is 0 Å². The lowest BCUT2D eigenvalue weighted by atomic mass is 10.1. The Hall–Kier alpha value is -3.45. The lowest BCUT2D eigenvalue weighted by Gasteiger charge is -2.18. The second-order valence-electron chi connectivity index (χ2n) is 6.55. The van der Waals surface area contributed by atoms with Gasteiger partial charge in [0.2, 0.25) is 0 Å². The molecule has 8 heteroatoms. The molecule has 7 nitrogen and oxygen atoms in total. The molecular formula is C22H19ClN2O5. The normalized spacial score (nSPS) is 13.6. The molecule has 2 amide bonds. The van der Waals surface area contributed by atoms with E-state index in [2.05, 4.69) is 5.32 Å². The third kappa shape index (κ3) is 4.11. The number of hydrogen-bond acceptors (Lipinski definition) is 6. The number of imide groups is 1. The zero-order valence-corrected chi connectivity index (χ0v) is 17.2. The van der Waals surface area contributed by atoms with Gasteiger partial charge < -0.3 is 10.1 Å². The van der Waals surface area contributed by atoms with Crippen molar-refractivity contribution in [2.45, 2.75) is 20.3 Å².